The van der Waals surface area contributed by atoms with Crippen LogP contribution in [-0.4, -0.2) is 17.6 Å². The van der Waals surface area contributed by atoms with Gasteiger partial charge in [0.2, 0.25) is 0 Å². The molecule has 0 aliphatic carbocycles. The molecule has 1 aliphatic rings. The standard InChI is InChI=1S/C14H19N3/c1-9-7-12(15)14(17-8-9)11-4-2-3-10-5-6-16-13(10)11/h2-6,9,12,14,16-17H,7-8,15H2,1H3. The smallest absolute Gasteiger partial charge is 0.0503 e. The molecule has 17 heavy (non-hydrogen) atoms. The molecule has 1 fully saturated rings. The van der Waals surface area contributed by atoms with E-state index >= 15 is 0 Å². The Balaban J connectivity index is 2.00. The van der Waals surface area contributed by atoms with Gasteiger partial charge in [0.25, 0.3) is 0 Å². The van der Waals surface area contributed by atoms with Crippen molar-refractivity contribution in [2.24, 2.45) is 11.7 Å². The van der Waals surface area contributed by atoms with Crippen LogP contribution in [0, 0.1) is 5.92 Å². The number of nitrogens with two attached hydrogens (primary N) is 1. The van der Waals surface area contributed by atoms with Crippen molar-refractivity contribution in [1.82, 2.24) is 10.3 Å². The fraction of sp³-hybridized carbons (Fsp3) is 0.429. The van der Waals surface area contributed by atoms with Gasteiger partial charge < -0.3 is 16.0 Å². The summed E-state index contributed by atoms with van der Waals surface area (Å²) in [6.07, 6.45) is 3.08. The summed E-state index contributed by atoms with van der Waals surface area (Å²) in [6.45, 7) is 3.30. The first kappa shape index (κ1) is 10.8. The normalized spacial score (nSPS) is 29.6. The van der Waals surface area contributed by atoms with Gasteiger partial charge in [-0.2, -0.15) is 0 Å². The van der Waals surface area contributed by atoms with E-state index in [1.807, 2.05) is 6.20 Å². The maximum atomic E-state index is 6.28. The lowest BCUT2D eigenvalue weighted by molar-refractivity contribution is 0.292. The molecular formula is C14H19N3. The lowest BCUT2D eigenvalue weighted by Gasteiger charge is -2.34. The summed E-state index contributed by atoms with van der Waals surface area (Å²) in [7, 11) is 0. The molecular weight excluding hydrogens is 210 g/mol. The van der Waals surface area contributed by atoms with E-state index in [2.05, 4.69) is 41.5 Å². The third-order valence-corrected chi connectivity index (χ3v) is 3.74. The van der Waals surface area contributed by atoms with E-state index in [9.17, 15) is 0 Å². The zero-order chi connectivity index (χ0) is 11.8. The molecule has 0 bridgehead atoms. The van der Waals surface area contributed by atoms with Gasteiger partial charge in [0.1, 0.15) is 0 Å². The highest BCUT2D eigenvalue weighted by atomic mass is 15.0. The van der Waals surface area contributed by atoms with Gasteiger partial charge in [-0.25, -0.2) is 0 Å². The van der Waals surface area contributed by atoms with Crippen molar-refractivity contribution in [2.75, 3.05) is 6.54 Å². The SMILES string of the molecule is CC1CNC(c2cccc3cc[nH]c23)C(N)C1. The van der Waals surface area contributed by atoms with Crippen LogP contribution in [0.15, 0.2) is 30.5 Å². The van der Waals surface area contributed by atoms with E-state index in [1.165, 1.54) is 16.5 Å². The second-order valence-electron chi connectivity index (χ2n) is 5.18. The van der Waals surface area contributed by atoms with Crippen LogP contribution in [0.4, 0.5) is 0 Å². The lowest BCUT2D eigenvalue weighted by Crippen LogP contribution is -2.46. The number of rotatable bonds is 1. The summed E-state index contributed by atoms with van der Waals surface area (Å²) in [5, 5.41) is 4.83. The first-order chi connectivity index (χ1) is 8.25. The number of hydrogen-bond acceptors (Lipinski definition) is 2. The average molecular weight is 229 g/mol. The molecule has 3 atom stereocenters. The number of nitrogens with one attached hydrogen (secondary N) is 2. The number of benzene rings is 1. The maximum absolute atomic E-state index is 6.28. The largest absolute Gasteiger partial charge is 0.361 e. The zero-order valence-corrected chi connectivity index (χ0v) is 10.1. The summed E-state index contributed by atoms with van der Waals surface area (Å²) in [5.41, 5.74) is 8.80. The van der Waals surface area contributed by atoms with Gasteiger partial charge in [0.05, 0.1) is 5.52 Å². The molecule has 3 unspecified atom stereocenters. The zero-order valence-electron chi connectivity index (χ0n) is 10.1. The van der Waals surface area contributed by atoms with Crippen LogP contribution in [0.1, 0.15) is 24.9 Å². The van der Waals surface area contributed by atoms with Gasteiger partial charge in [-0.3, -0.25) is 0 Å². The summed E-state index contributed by atoms with van der Waals surface area (Å²) in [5.74, 6) is 0.670. The van der Waals surface area contributed by atoms with Gasteiger partial charge in [-0.15, -0.1) is 0 Å². The monoisotopic (exact) mass is 229 g/mol. The number of hydrogen-bond donors (Lipinski definition) is 3. The Morgan fingerprint density at radius 3 is 3.00 bits per heavy atom. The fourth-order valence-corrected chi connectivity index (χ4v) is 2.87. The van der Waals surface area contributed by atoms with Gasteiger partial charge in [0.15, 0.2) is 0 Å². The van der Waals surface area contributed by atoms with Gasteiger partial charge >= 0.3 is 0 Å². The van der Waals surface area contributed by atoms with Crippen LogP contribution in [0.25, 0.3) is 10.9 Å². The van der Waals surface area contributed by atoms with Gasteiger partial charge in [-0.05, 0) is 35.9 Å². The Bertz CT molecular complexity index is 517. The first-order valence-corrected chi connectivity index (χ1v) is 6.30. The van der Waals surface area contributed by atoms with Gasteiger partial charge in [0, 0.05) is 18.3 Å². The van der Waals surface area contributed by atoms with E-state index in [4.69, 9.17) is 5.73 Å². The third-order valence-electron chi connectivity index (χ3n) is 3.74. The first-order valence-electron chi connectivity index (χ1n) is 6.30. The highest BCUT2D eigenvalue weighted by Crippen LogP contribution is 2.29. The van der Waals surface area contributed by atoms with E-state index in [1.54, 1.807) is 0 Å². The third kappa shape index (κ3) is 1.85. The Labute approximate surface area is 101 Å². The number of piperidine rings is 1. The minimum Gasteiger partial charge on any atom is -0.361 e. The van der Waals surface area contributed by atoms with Crippen molar-refractivity contribution in [3.63, 3.8) is 0 Å². The lowest BCUT2D eigenvalue weighted by atomic mass is 9.87. The highest BCUT2D eigenvalue weighted by Gasteiger charge is 2.27. The molecule has 0 saturated carbocycles. The molecule has 0 spiro atoms. The number of aromatic nitrogens is 1. The molecule has 3 heteroatoms. The summed E-state index contributed by atoms with van der Waals surface area (Å²) < 4.78 is 0. The molecule has 90 valence electrons. The molecule has 0 amide bonds. The van der Waals surface area contributed by atoms with Crippen LogP contribution in [0.2, 0.25) is 0 Å². The Kier molecular flexibility index (Phi) is 2.65. The summed E-state index contributed by atoms with van der Waals surface area (Å²) in [6, 6.07) is 8.99. The number of H-pyrrole nitrogens is 1. The van der Waals surface area contributed by atoms with Crippen molar-refractivity contribution in [1.29, 1.82) is 0 Å². The predicted octanol–water partition coefficient (Wildman–Crippen LogP) is 2.17. The minimum absolute atomic E-state index is 0.202. The Hall–Kier alpha value is -1.32. The molecule has 4 N–H and O–H groups in total. The van der Waals surface area contributed by atoms with E-state index in [-0.39, 0.29) is 12.1 Å². The molecule has 1 aromatic carbocycles. The number of aromatic amines is 1. The molecule has 1 aromatic heterocycles. The fourth-order valence-electron chi connectivity index (χ4n) is 2.87. The number of para-hydroxylation sites is 1. The van der Waals surface area contributed by atoms with Crippen molar-refractivity contribution in [2.45, 2.75) is 25.4 Å². The molecule has 1 aliphatic heterocycles. The van der Waals surface area contributed by atoms with Gasteiger partial charge in [-0.1, -0.05) is 25.1 Å². The van der Waals surface area contributed by atoms with Crippen molar-refractivity contribution in [3.05, 3.63) is 36.0 Å². The highest BCUT2D eigenvalue weighted by molar-refractivity contribution is 5.83. The van der Waals surface area contributed by atoms with E-state index in [0.29, 0.717) is 5.92 Å². The molecule has 3 rings (SSSR count). The summed E-state index contributed by atoms with van der Waals surface area (Å²) >= 11 is 0. The minimum atomic E-state index is 0.202. The van der Waals surface area contributed by atoms with Crippen LogP contribution in [-0.2, 0) is 0 Å². The van der Waals surface area contributed by atoms with Crippen LogP contribution < -0.4 is 11.1 Å². The van der Waals surface area contributed by atoms with E-state index < -0.39 is 0 Å². The topological polar surface area (TPSA) is 53.8 Å². The van der Waals surface area contributed by atoms with E-state index in [0.717, 1.165) is 13.0 Å². The second-order valence-corrected chi connectivity index (χ2v) is 5.18. The maximum Gasteiger partial charge on any atom is 0.0503 e. The quantitative estimate of drug-likeness (QED) is 0.702. The Morgan fingerprint density at radius 2 is 2.18 bits per heavy atom. The Morgan fingerprint density at radius 1 is 1.29 bits per heavy atom. The predicted molar refractivity (Wildman–Crippen MR) is 70.8 cm³/mol. The van der Waals surface area contributed by atoms with Crippen LogP contribution >= 0.6 is 0 Å². The van der Waals surface area contributed by atoms with Crippen molar-refractivity contribution in [3.8, 4) is 0 Å². The van der Waals surface area contributed by atoms with Crippen LogP contribution in [0.5, 0.6) is 0 Å². The van der Waals surface area contributed by atoms with Crippen LogP contribution in [0.3, 0.4) is 0 Å². The molecule has 1 saturated heterocycles. The number of fused-ring (bicyclic) bond motifs is 1. The molecule has 0 radical (unpaired) electrons. The molecule has 2 heterocycles. The summed E-state index contributed by atoms with van der Waals surface area (Å²) in [4.78, 5) is 3.32. The molecule has 2 aromatic rings. The second kappa shape index (κ2) is 4.17. The average Bonchev–Trinajstić information content (AvgIpc) is 2.77. The molecule has 3 nitrogen and oxygen atoms in total. The van der Waals surface area contributed by atoms with Crippen molar-refractivity contribution < 1.29 is 0 Å². The van der Waals surface area contributed by atoms with Crippen molar-refractivity contribution >= 4 is 10.9 Å².